The van der Waals surface area contributed by atoms with Gasteiger partial charge in [-0.3, -0.25) is 14.6 Å². The van der Waals surface area contributed by atoms with Crippen LogP contribution in [0.4, 0.5) is 5.69 Å². The van der Waals surface area contributed by atoms with Crippen molar-refractivity contribution in [3.05, 3.63) is 102 Å². The van der Waals surface area contributed by atoms with Crippen molar-refractivity contribution in [1.29, 1.82) is 0 Å². The van der Waals surface area contributed by atoms with E-state index in [1.54, 1.807) is 12.4 Å². The van der Waals surface area contributed by atoms with Crippen molar-refractivity contribution in [2.24, 2.45) is 0 Å². The van der Waals surface area contributed by atoms with E-state index in [1.165, 1.54) is 6.92 Å². The number of nitrogens with zero attached hydrogens (tertiary/aromatic N) is 2. The maximum Gasteiger partial charge on any atom is 0.254 e. The number of allylic oxidation sites excluding steroid dienone is 1. The number of aromatic nitrogens is 1. The average molecular weight is 397 g/mol. The molecule has 0 bridgehead atoms. The van der Waals surface area contributed by atoms with Crippen LogP contribution >= 0.6 is 0 Å². The van der Waals surface area contributed by atoms with E-state index in [0.29, 0.717) is 12.1 Å². The van der Waals surface area contributed by atoms with Crippen LogP contribution in [0.2, 0.25) is 0 Å². The van der Waals surface area contributed by atoms with E-state index < -0.39 is 6.04 Å². The van der Waals surface area contributed by atoms with Gasteiger partial charge >= 0.3 is 0 Å². The number of amides is 1. The van der Waals surface area contributed by atoms with Crippen LogP contribution in [0.1, 0.15) is 36.6 Å². The van der Waals surface area contributed by atoms with Gasteiger partial charge in [-0.05, 0) is 42.7 Å². The molecular formula is C25H23N3O2. The predicted molar refractivity (Wildman–Crippen MR) is 117 cm³/mol. The van der Waals surface area contributed by atoms with Gasteiger partial charge in [0.15, 0.2) is 5.78 Å². The van der Waals surface area contributed by atoms with Crippen LogP contribution in [0, 0.1) is 0 Å². The molecule has 1 aliphatic rings. The molecule has 1 aromatic heterocycles. The summed E-state index contributed by atoms with van der Waals surface area (Å²) in [5.74, 6) is -0.376. The number of anilines is 1. The van der Waals surface area contributed by atoms with Gasteiger partial charge in [0.1, 0.15) is 6.04 Å². The molecule has 1 aliphatic heterocycles. The van der Waals surface area contributed by atoms with Crippen LogP contribution in [0.25, 0.3) is 5.57 Å². The van der Waals surface area contributed by atoms with E-state index in [-0.39, 0.29) is 11.7 Å². The average Bonchev–Trinajstić information content (AvgIpc) is 2.78. The summed E-state index contributed by atoms with van der Waals surface area (Å²) in [4.78, 5) is 32.1. The van der Waals surface area contributed by atoms with E-state index in [4.69, 9.17) is 0 Å². The van der Waals surface area contributed by atoms with E-state index in [1.807, 2.05) is 73.7 Å². The second kappa shape index (κ2) is 8.33. The Hall–Kier alpha value is -3.73. The number of benzene rings is 2. The Balaban J connectivity index is 1.75. The zero-order chi connectivity index (χ0) is 21.1. The Morgan fingerprint density at radius 3 is 2.43 bits per heavy atom. The number of hydrogen-bond donors (Lipinski definition) is 1. The lowest BCUT2D eigenvalue weighted by Gasteiger charge is -2.33. The lowest BCUT2D eigenvalue weighted by atomic mass is 9.92. The van der Waals surface area contributed by atoms with Crippen LogP contribution in [0.15, 0.2) is 84.8 Å². The molecule has 0 radical (unpaired) electrons. The van der Waals surface area contributed by atoms with Gasteiger partial charge in [0.2, 0.25) is 0 Å². The highest BCUT2D eigenvalue weighted by Gasteiger charge is 2.29. The van der Waals surface area contributed by atoms with Crippen molar-refractivity contribution in [2.45, 2.75) is 26.4 Å². The van der Waals surface area contributed by atoms with E-state index >= 15 is 0 Å². The zero-order valence-electron chi connectivity index (χ0n) is 17.0. The lowest BCUT2D eigenvalue weighted by Crippen LogP contribution is -2.37. The lowest BCUT2D eigenvalue weighted by molar-refractivity contribution is -0.124. The van der Waals surface area contributed by atoms with Gasteiger partial charge in [0.25, 0.3) is 5.91 Å². The number of pyridine rings is 1. The van der Waals surface area contributed by atoms with Gasteiger partial charge in [-0.25, -0.2) is 0 Å². The summed E-state index contributed by atoms with van der Waals surface area (Å²) in [6, 6.07) is 20.4. The minimum atomic E-state index is -0.695. The van der Waals surface area contributed by atoms with E-state index in [0.717, 1.165) is 28.1 Å². The highest BCUT2D eigenvalue weighted by atomic mass is 16.2. The largest absolute Gasteiger partial charge is 0.339 e. The number of carbonyl (C=O) groups is 2. The molecular weight excluding hydrogens is 374 g/mol. The molecule has 5 nitrogen and oxygen atoms in total. The minimum Gasteiger partial charge on any atom is -0.339 e. The van der Waals surface area contributed by atoms with E-state index in [9.17, 15) is 9.59 Å². The third-order valence-electron chi connectivity index (χ3n) is 5.38. The molecule has 0 aliphatic carbocycles. The Bertz CT molecular complexity index is 1110. The van der Waals surface area contributed by atoms with Gasteiger partial charge in [-0.15, -0.1) is 0 Å². The molecule has 2 aromatic carbocycles. The summed E-state index contributed by atoms with van der Waals surface area (Å²) in [6.07, 6.45) is 3.51. The normalized spacial score (nSPS) is 14.1. The van der Waals surface area contributed by atoms with Gasteiger partial charge in [0.05, 0.1) is 17.5 Å². The van der Waals surface area contributed by atoms with Crippen molar-refractivity contribution in [2.75, 3.05) is 4.90 Å². The molecule has 0 unspecified atom stereocenters. The number of hydrogen-bond acceptors (Lipinski definition) is 4. The summed E-state index contributed by atoms with van der Waals surface area (Å²) >= 11 is 0. The molecule has 0 saturated heterocycles. The first kappa shape index (κ1) is 19.6. The van der Waals surface area contributed by atoms with E-state index in [2.05, 4.69) is 15.2 Å². The molecule has 1 N–H and O–H groups in total. The van der Waals surface area contributed by atoms with Crippen LogP contribution in [-0.2, 0) is 16.1 Å². The third kappa shape index (κ3) is 3.74. The molecule has 150 valence electrons. The highest BCUT2D eigenvalue weighted by molar-refractivity contribution is 6.22. The maximum absolute atomic E-state index is 13.5. The molecule has 5 heteroatoms. The first-order valence-electron chi connectivity index (χ1n) is 9.89. The number of ketones is 1. The van der Waals surface area contributed by atoms with Gasteiger partial charge in [-0.1, -0.05) is 54.6 Å². The Morgan fingerprint density at radius 2 is 1.73 bits per heavy atom. The Morgan fingerprint density at radius 1 is 1.00 bits per heavy atom. The second-order valence-corrected chi connectivity index (χ2v) is 7.34. The standard InChI is InChI=1S/C25H23N3O2/c1-17-23(25(30)27-24(18(2)29)19-9-4-3-5-10-19)22-13-7-6-11-20(22)16-28(17)21-12-8-14-26-15-21/h3-15,24H,16H2,1-2H3,(H,27,30)/t24-/m1/s1. The smallest absolute Gasteiger partial charge is 0.254 e. The number of nitrogens with one attached hydrogen (secondary N) is 1. The number of rotatable bonds is 5. The monoisotopic (exact) mass is 397 g/mol. The third-order valence-corrected chi connectivity index (χ3v) is 5.38. The summed E-state index contributed by atoms with van der Waals surface area (Å²) < 4.78 is 0. The van der Waals surface area contributed by atoms with Crippen molar-refractivity contribution >= 4 is 23.0 Å². The highest BCUT2D eigenvalue weighted by Crippen LogP contribution is 2.35. The molecule has 1 amide bonds. The van der Waals surface area contributed by atoms with Gasteiger partial charge in [0, 0.05) is 18.4 Å². The molecule has 4 rings (SSSR count). The van der Waals surface area contributed by atoms with Crippen molar-refractivity contribution in [3.63, 3.8) is 0 Å². The van der Waals surface area contributed by atoms with Gasteiger partial charge in [-0.2, -0.15) is 0 Å². The van der Waals surface area contributed by atoms with Gasteiger partial charge < -0.3 is 10.2 Å². The second-order valence-electron chi connectivity index (χ2n) is 7.34. The van der Waals surface area contributed by atoms with Crippen molar-refractivity contribution in [3.8, 4) is 0 Å². The number of fused-ring (bicyclic) bond motifs is 1. The summed E-state index contributed by atoms with van der Waals surface area (Å²) in [7, 11) is 0. The van der Waals surface area contributed by atoms with Crippen LogP contribution in [0.3, 0.4) is 0 Å². The first-order valence-corrected chi connectivity index (χ1v) is 9.89. The predicted octanol–water partition coefficient (Wildman–Crippen LogP) is 4.28. The number of carbonyl (C=O) groups excluding carboxylic acids is 2. The Kier molecular flexibility index (Phi) is 5.44. The molecule has 1 atom stereocenters. The topological polar surface area (TPSA) is 62.3 Å². The SMILES string of the molecule is CC(=O)[C@@H](NC(=O)C1=C(C)N(c2cccnc2)Cc2ccccc21)c1ccccc1. The Labute approximate surface area is 176 Å². The van der Waals surface area contributed by atoms with Crippen LogP contribution in [0.5, 0.6) is 0 Å². The summed E-state index contributed by atoms with van der Waals surface area (Å²) in [5.41, 5.74) is 5.03. The molecule has 0 saturated carbocycles. The quantitative estimate of drug-likeness (QED) is 0.698. The molecule has 0 fully saturated rings. The number of Topliss-reactive ketones (excluding diaryl/α,β-unsaturated/α-hetero) is 1. The molecule has 0 spiro atoms. The van der Waals surface area contributed by atoms with Crippen molar-refractivity contribution < 1.29 is 9.59 Å². The molecule has 3 aromatic rings. The fourth-order valence-electron chi connectivity index (χ4n) is 3.87. The fraction of sp³-hybridized carbons (Fsp3) is 0.160. The van der Waals surface area contributed by atoms with Crippen molar-refractivity contribution in [1.82, 2.24) is 10.3 Å². The first-order chi connectivity index (χ1) is 14.6. The van der Waals surface area contributed by atoms with Crippen LogP contribution < -0.4 is 10.2 Å². The minimum absolute atomic E-state index is 0.110. The van der Waals surface area contributed by atoms with Crippen LogP contribution in [-0.4, -0.2) is 16.7 Å². The fourth-order valence-corrected chi connectivity index (χ4v) is 3.87. The molecule has 2 heterocycles. The zero-order valence-corrected chi connectivity index (χ0v) is 17.0. The summed E-state index contributed by atoms with van der Waals surface area (Å²) in [5, 5.41) is 2.96. The molecule has 30 heavy (non-hydrogen) atoms. The summed E-state index contributed by atoms with van der Waals surface area (Å²) in [6.45, 7) is 4.08. The maximum atomic E-state index is 13.5.